The molecular formula is C19H22FNO. The molecule has 0 unspecified atom stereocenters. The summed E-state index contributed by atoms with van der Waals surface area (Å²) in [6, 6.07) is 14.5. The van der Waals surface area contributed by atoms with Crippen LogP contribution in [-0.4, -0.2) is 5.91 Å². The molecule has 2 rings (SSSR count). The number of hydrogen-bond acceptors (Lipinski definition) is 1. The van der Waals surface area contributed by atoms with Crippen LogP contribution in [-0.2, 0) is 17.6 Å². The summed E-state index contributed by atoms with van der Waals surface area (Å²) in [6.45, 7) is 2.17. The van der Waals surface area contributed by atoms with Gasteiger partial charge in [-0.05, 0) is 48.6 Å². The van der Waals surface area contributed by atoms with Crippen molar-refractivity contribution < 1.29 is 9.18 Å². The van der Waals surface area contributed by atoms with Crippen molar-refractivity contribution >= 4 is 11.6 Å². The second-order valence-electron chi connectivity index (χ2n) is 5.44. The number of nitrogens with one attached hydrogen (secondary N) is 1. The summed E-state index contributed by atoms with van der Waals surface area (Å²) in [5.41, 5.74) is 2.65. The van der Waals surface area contributed by atoms with Gasteiger partial charge in [-0.2, -0.15) is 0 Å². The van der Waals surface area contributed by atoms with Gasteiger partial charge in [-0.1, -0.05) is 43.7 Å². The minimum absolute atomic E-state index is 0.0930. The standard InChI is InChI=1S/C19H22FNO/c1-2-3-6-15-9-12-17(13-10-15)21-19(22)14-11-16-7-4-5-8-18(16)20/h4-5,7-10,12-13H,2-3,6,11,14H2,1H3,(H,21,22). The topological polar surface area (TPSA) is 29.1 Å². The van der Waals surface area contributed by atoms with Gasteiger partial charge >= 0.3 is 0 Å². The maximum atomic E-state index is 13.5. The van der Waals surface area contributed by atoms with Crippen molar-refractivity contribution in [2.24, 2.45) is 0 Å². The van der Waals surface area contributed by atoms with Crippen LogP contribution in [0.3, 0.4) is 0 Å². The molecule has 2 nitrogen and oxygen atoms in total. The quantitative estimate of drug-likeness (QED) is 0.786. The van der Waals surface area contributed by atoms with Crippen LogP contribution in [0.2, 0.25) is 0 Å². The highest BCUT2D eigenvalue weighted by atomic mass is 19.1. The summed E-state index contributed by atoms with van der Waals surface area (Å²) in [4.78, 5) is 11.9. The Balaban J connectivity index is 1.83. The van der Waals surface area contributed by atoms with Crippen molar-refractivity contribution in [3.8, 4) is 0 Å². The fourth-order valence-corrected chi connectivity index (χ4v) is 2.31. The highest BCUT2D eigenvalue weighted by Crippen LogP contribution is 2.13. The maximum Gasteiger partial charge on any atom is 0.224 e. The number of aryl methyl sites for hydroxylation is 2. The minimum Gasteiger partial charge on any atom is -0.326 e. The first-order chi connectivity index (χ1) is 10.7. The van der Waals surface area contributed by atoms with Gasteiger partial charge in [-0.25, -0.2) is 4.39 Å². The zero-order valence-electron chi connectivity index (χ0n) is 12.9. The molecule has 0 saturated heterocycles. The van der Waals surface area contributed by atoms with Crippen LogP contribution in [0, 0.1) is 5.82 Å². The summed E-state index contributed by atoms with van der Waals surface area (Å²) in [5, 5.41) is 2.85. The van der Waals surface area contributed by atoms with E-state index in [1.54, 1.807) is 18.2 Å². The largest absolute Gasteiger partial charge is 0.326 e. The summed E-state index contributed by atoms with van der Waals surface area (Å²) < 4.78 is 13.5. The molecule has 0 aromatic heterocycles. The number of anilines is 1. The molecule has 0 bridgehead atoms. The Labute approximate surface area is 131 Å². The molecule has 0 aliphatic carbocycles. The molecule has 0 heterocycles. The molecule has 1 amide bonds. The molecule has 3 heteroatoms. The van der Waals surface area contributed by atoms with Crippen LogP contribution in [0.25, 0.3) is 0 Å². The van der Waals surface area contributed by atoms with Crippen molar-refractivity contribution in [2.45, 2.75) is 39.0 Å². The third kappa shape index (κ3) is 4.99. The molecule has 2 aromatic carbocycles. The van der Waals surface area contributed by atoms with Gasteiger partial charge in [0.2, 0.25) is 5.91 Å². The Morgan fingerprint density at radius 3 is 2.45 bits per heavy atom. The molecule has 0 radical (unpaired) electrons. The fraction of sp³-hybridized carbons (Fsp3) is 0.316. The Morgan fingerprint density at radius 2 is 1.77 bits per heavy atom. The van der Waals surface area contributed by atoms with E-state index < -0.39 is 0 Å². The zero-order chi connectivity index (χ0) is 15.8. The van der Waals surface area contributed by atoms with Crippen molar-refractivity contribution in [3.05, 3.63) is 65.5 Å². The van der Waals surface area contributed by atoms with E-state index in [0.717, 1.165) is 12.1 Å². The van der Waals surface area contributed by atoms with Gasteiger partial charge < -0.3 is 5.32 Å². The summed E-state index contributed by atoms with van der Waals surface area (Å²) in [6.07, 6.45) is 4.10. The van der Waals surface area contributed by atoms with Crippen LogP contribution >= 0.6 is 0 Å². The third-order valence-corrected chi connectivity index (χ3v) is 3.64. The molecule has 2 aromatic rings. The lowest BCUT2D eigenvalue weighted by atomic mass is 10.1. The number of benzene rings is 2. The Hall–Kier alpha value is -2.16. The molecule has 116 valence electrons. The van der Waals surface area contributed by atoms with Crippen LogP contribution < -0.4 is 5.32 Å². The van der Waals surface area contributed by atoms with Gasteiger partial charge in [-0.15, -0.1) is 0 Å². The number of unbranched alkanes of at least 4 members (excludes halogenated alkanes) is 1. The number of rotatable bonds is 7. The van der Waals surface area contributed by atoms with E-state index in [4.69, 9.17) is 0 Å². The number of halogens is 1. The fourth-order valence-electron chi connectivity index (χ4n) is 2.31. The molecule has 0 aliphatic heterocycles. The first-order valence-corrected chi connectivity index (χ1v) is 7.81. The summed E-state index contributed by atoms with van der Waals surface area (Å²) in [7, 11) is 0. The SMILES string of the molecule is CCCCc1ccc(NC(=O)CCc2ccccc2F)cc1. The van der Waals surface area contributed by atoms with E-state index in [2.05, 4.69) is 12.2 Å². The average Bonchev–Trinajstić information content (AvgIpc) is 2.53. The number of amides is 1. The number of carbonyl (C=O) groups is 1. The van der Waals surface area contributed by atoms with Crippen molar-refractivity contribution in [3.63, 3.8) is 0 Å². The Morgan fingerprint density at radius 1 is 1.05 bits per heavy atom. The Kier molecular flexibility index (Phi) is 6.13. The molecule has 22 heavy (non-hydrogen) atoms. The Bertz CT molecular complexity index is 607. The lowest BCUT2D eigenvalue weighted by Gasteiger charge is -2.07. The van der Waals surface area contributed by atoms with Gasteiger partial charge in [0.25, 0.3) is 0 Å². The molecule has 0 saturated carbocycles. The van der Waals surface area contributed by atoms with Crippen molar-refractivity contribution in [2.75, 3.05) is 5.32 Å². The normalized spacial score (nSPS) is 10.5. The second kappa shape index (κ2) is 8.32. The molecular weight excluding hydrogens is 277 g/mol. The molecule has 1 N–H and O–H groups in total. The zero-order valence-corrected chi connectivity index (χ0v) is 12.9. The lowest BCUT2D eigenvalue weighted by Crippen LogP contribution is -2.12. The summed E-state index contributed by atoms with van der Waals surface area (Å²) >= 11 is 0. The van der Waals surface area contributed by atoms with Gasteiger partial charge in [0.1, 0.15) is 5.82 Å². The second-order valence-corrected chi connectivity index (χ2v) is 5.44. The first-order valence-electron chi connectivity index (χ1n) is 7.81. The van der Waals surface area contributed by atoms with Crippen LogP contribution in [0.5, 0.6) is 0 Å². The van der Waals surface area contributed by atoms with E-state index in [1.807, 2.05) is 24.3 Å². The van der Waals surface area contributed by atoms with E-state index in [-0.39, 0.29) is 18.1 Å². The molecule has 0 spiro atoms. The van der Waals surface area contributed by atoms with Crippen molar-refractivity contribution in [1.82, 2.24) is 0 Å². The van der Waals surface area contributed by atoms with Crippen molar-refractivity contribution in [1.29, 1.82) is 0 Å². The third-order valence-electron chi connectivity index (χ3n) is 3.64. The lowest BCUT2D eigenvalue weighted by molar-refractivity contribution is -0.116. The van der Waals surface area contributed by atoms with Gasteiger partial charge in [0, 0.05) is 12.1 Å². The van der Waals surface area contributed by atoms with Gasteiger partial charge in [0.05, 0.1) is 0 Å². The maximum absolute atomic E-state index is 13.5. The molecule has 0 atom stereocenters. The minimum atomic E-state index is -0.254. The van der Waals surface area contributed by atoms with Gasteiger partial charge in [0.15, 0.2) is 0 Å². The summed E-state index contributed by atoms with van der Waals surface area (Å²) in [5.74, 6) is -0.347. The highest BCUT2D eigenvalue weighted by Gasteiger charge is 2.06. The molecule has 0 aliphatic rings. The average molecular weight is 299 g/mol. The van der Waals surface area contributed by atoms with Gasteiger partial charge in [-0.3, -0.25) is 4.79 Å². The van der Waals surface area contributed by atoms with E-state index in [9.17, 15) is 9.18 Å². The van der Waals surface area contributed by atoms with E-state index in [0.29, 0.717) is 12.0 Å². The predicted molar refractivity (Wildman–Crippen MR) is 88.4 cm³/mol. The number of hydrogen-bond donors (Lipinski definition) is 1. The highest BCUT2D eigenvalue weighted by molar-refractivity contribution is 5.90. The monoisotopic (exact) mass is 299 g/mol. The van der Waals surface area contributed by atoms with E-state index >= 15 is 0 Å². The van der Waals surface area contributed by atoms with Crippen LogP contribution in [0.1, 0.15) is 37.3 Å². The van der Waals surface area contributed by atoms with E-state index in [1.165, 1.54) is 24.5 Å². The predicted octanol–water partition coefficient (Wildman–Crippen LogP) is 4.74. The first kappa shape index (κ1) is 16.2. The van der Waals surface area contributed by atoms with Crippen LogP contribution in [0.4, 0.5) is 10.1 Å². The number of carbonyl (C=O) groups excluding carboxylic acids is 1. The van der Waals surface area contributed by atoms with Crippen LogP contribution in [0.15, 0.2) is 48.5 Å². The molecule has 0 fully saturated rings. The smallest absolute Gasteiger partial charge is 0.224 e.